The molecular formula is C12H22N2O. The highest BCUT2D eigenvalue weighted by atomic mass is 16.1. The van der Waals surface area contributed by atoms with E-state index in [1.807, 2.05) is 0 Å². The third-order valence-corrected chi connectivity index (χ3v) is 3.85. The van der Waals surface area contributed by atoms with Crippen LogP contribution in [0.2, 0.25) is 0 Å². The lowest BCUT2D eigenvalue weighted by Gasteiger charge is -2.36. The monoisotopic (exact) mass is 210 g/mol. The number of hydrogen-bond acceptors (Lipinski definition) is 3. The molecule has 0 saturated carbocycles. The summed E-state index contributed by atoms with van der Waals surface area (Å²) in [5.41, 5.74) is 0. The summed E-state index contributed by atoms with van der Waals surface area (Å²) >= 11 is 0. The predicted octanol–water partition coefficient (Wildman–Crippen LogP) is 0.895. The van der Waals surface area contributed by atoms with Gasteiger partial charge in [-0.15, -0.1) is 0 Å². The Kier molecular flexibility index (Phi) is 3.42. The minimum atomic E-state index is 0.334. The SMILES string of the molecule is CC(C)N1CCC(C(=O)C2CNC2)CC1. The molecule has 2 rings (SSSR count). The van der Waals surface area contributed by atoms with Crippen molar-refractivity contribution < 1.29 is 4.79 Å². The number of piperidine rings is 1. The molecule has 3 heteroatoms. The summed E-state index contributed by atoms with van der Waals surface area (Å²) in [7, 11) is 0. The van der Waals surface area contributed by atoms with Crippen molar-refractivity contribution in [3.8, 4) is 0 Å². The Morgan fingerprint density at radius 2 is 1.80 bits per heavy atom. The van der Waals surface area contributed by atoms with E-state index in [4.69, 9.17) is 0 Å². The molecule has 2 saturated heterocycles. The van der Waals surface area contributed by atoms with Crippen molar-refractivity contribution in [2.75, 3.05) is 26.2 Å². The third kappa shape index (κ3) is 2.40. The summed E-state index contributed by atoms with van der Waals surface area (Å²) in [6.07, 6.45) is 2.15. The van der Waals surface area contributed by atoms with Crippen LogP contribution in [-0.4, -0.2) is 42.9 Å². The molecular weight excluding hydrogens is 188 g/mol. The summed E-state index contributed by atoms with van der Waals surface area (Å²) in [5.74, 6) is 1.21. The van der Waals surface area contributed by atoms with Crippen LogP contribution in [0.1, 0.15) is 26.7 Å². The smallest absolute Gasteiger partial charge is 0.141 e. The van der Waals surface area contributed by atoms with Crippen LogP contribution in [0.4, 0.5) is 0 Å². The minimum Gasteiger partial charge on any atom is -0.315 e. The van der Waals surface area contributed by atoms with Crippen molar-refractivity contribution in [2.45, 2.75) is 32.7 Å². The van der Waals surface area contributed by atoms with E-state index in [-0.39, 0.29) is 0 Å². The number of nitrogens with zero attached hydrogens (tertiary/aromatic N) is 1. The number of hydrogen-bond donors (Lipinski definition) is 1. The highest BCUT2D eigenvalue weighted by Crippen LogP contribution is 2.23. The second-order valence-electron chi connectivity index (χ2n) is 5.16. The molecule has 2 fully saturated rings. The zero-order chi connectivity index (χ0) is 10.8. The fourth-order valence-electron chi connectivity index (χ4n) is 2.52. The predicted molar refractivity (Wildman–Crippen MR) is 60.8 cm³/mol. The molecule has 86 valence electrons. The van der Waals surface area contributed by atoms with Crippen molar-refractivity contribution >= 4 is 5.78 Å². The third-order valence-electron chi connectivity index (χ3n) is 3.85. The fourth-order valence-corrected chi connectivity index (χ4v) is 2.52. The average molecular weight is 210 g/mol. The van der Waals surface area contributed by atoms with E-state index < -0.39 is 0 Å². The zero-order valence-electron chi connectivity index (χ0n) is 9.83. The van der Waals surface area contributed by atoms with Gasteiger partial charge in [-0.05, 0) is 39.8 Å². The second kappa shape index (κ2) is 4.62. The molecule has 1 N–H and O–H groups in total. The van der Waals surface area contributed by atoms with Gasteiger partial charge in [0.05, 0.1) is 0 Å². The molecule has 0 bridgehead atoms. The topological polar surface area (TPSA) is 32.3 Å². The van der Waals surface area contributed by atoms with E-state index in [0.717, 1.165) is 39.0 Å². The lowest BCUT2D eigenvalue weighted by molar-refractivity contribution is -0.129. The van der Waals surface area contributed by atoms with Crippen LogP contribution in [0, 0.1) is 11.8 Å². The number of carbonyl (C=O) groups excluding carboxylic acids is 1. The Hall–Kier alpha value is -0.410. The largest absolute Gasteiger partial charge is 0.315 e. The van der Waals surface area contributed by atoms with Crippen molar-refractivity contribution in [3.05, 3.63) is 0 Å². The molecule has 0 aromatic carbocycles. The first-order valence-electron chi connectivity index (χ1n) is 6.17. The standard InChI is InChI=1S/C12H22N2O/c1-9(2)14-5-3-10(4-6-14)12(15)11-7-13-8-11/h9-11,13H,3-8H2,1-2H3. The second-order valence-corrected chi connectivity index (χ2v) is 5.16. The molecule has 0 aliphatic carbocycles. The van der Waals surface area contributed by atoms with E-state index in [2.05, 4.69) is 24.1 Å². The molecule has 2 aliphatic heterocycles. The van der Waals surface area contributed by atoms with Crippen molar-refractivity contribution in [1.29, 1.82) is 0 Å². The van der Waals surface area contributed by atoms with Gasteiger partial charge in [-0.1, -0.05) is 0 Å². The lowest BCUT2D eigenvalue weighted by Crippen LogP contribution is -2.50. The molecule has 0 amide bonds. The van der Waals surface area contributed by atoms with Gasteiger partial charge in [0.2, 0.25) is 0 Å². The summed E-state index contributed by atoms with van der Waals surface area (Å²) in [6, 6.07) is 0.631. The van der Waals surface area contributed by atoms with Gasteiger partial charge in [-0.25, -0.2) is 0 Å². The van der Waals surface area contributed by atoms with Crippen LogP contribution in [0.3, 0.4) is 0 Å². The van der Waals surface area contributed by atoms with Crippen LogP contribution in [0.15, 0.2) is 0 Å². The van der Waals surface area contributed by atoms with Crippen LogP contribution in [-0.2, 0) is 4.79 Å². The van der Waals surface area contributed by atoms with Gasteiger partial charge in [0.15, 0.2) is 0 Å². The summed E-state index contributed by atoms with van der Waals surface area (Å²) in [6.45, 7) is 8.52. The summed E-state index contributed by atoms with van der Waals surface area (Å²) in [4.78, 5) is 14.5. The van der Waals surface area contributed by atoms with E-state index in [9.17, 15) is 4.79 Å². The van der Waals surface area contributed by atoms with Crippen molar-refractivity contribution in [3.63, 3.8) is 0 Å². The minimum absolute atomic E-state index is 0.334. The quantitative estimate of drug-likeness (QED) is 0.751. The maximum atomic E-state index is 12.0. The van der Waals surface area contributed by atoms with E-state index >= 15 is 0 Å². The Balaban J connectivity index is 1.79. The summed E-state index contributed by atoms with van der Waals surface area (Å²) in [5, 5.41) is 3.18. The fraction of sp³-hybridized carbons (Fsp3) is 0.917. The van der Waals surface area contributed by atoms with Crippen LogP contribution >= 0.6 is 0 Å². The molecule has 2 heterocycles. The van der Waals surface area contributed by atoms with Crippen LogP contribution in [0.25, 0.3) is 0 Å². The molecule has 0 aromatic rings. The number of carbonyl (C=O) groups is 1. The Morgan fingerprint density at radius 1 is 1.20 bits per heavy atom. The van der Waals surface area contributed by atoms with Gasteiger partial charge < -0.3 is 10.2 Å². The normalized spacial score (nSPS) is 25.5. The Morgan fingerprint density at radius 3 is 2.20 bits per heavy atom. The molecule has 0 aromatic heterocycles. The molecule has 3 nitrogen and oxygen atoms in total. The number of rotatable bonds is 3. The first kappa shape index (κ1) is 11.1. The number of nitrogens with one attached hydrogen (secondary N) is 1. The van der Waals surface area contributed by atoms with E-state index in [1.54, 1.807) is 0 Å². The molecule has 0 unspecified atom stereocenters. The average Bonchev–Trinajstić information content (AvgIpc) is 2.15. The molecule has 0 spiro atoms. The molecule has 0 radical (unpaired) electrons. The Labute approximate surface area is 92.2 Å². The maximum absolute atomic E-state index is 12.0. The summed E-state index contributed by atoms with van der Waals surface area (Å²) < 4.78 is 0. The first-order chi connectivity index (χ1) is 7.18. The highest BCUT2D eigenvalue weighted by molar-refractivity contribution is 5.84. The van der Waals surface area contributed by atoms with Crippen LogP contribution in [0.5, 0.6) is 0 Å². The van der Waals surface area contributed by atoms with Gasteiger partial charge in [-0.2, -0.15) is 0 Å². The van der Waals surface area contributed by atoms with Gasteiger partial charge in [0.1, 0.15) is 5.78 Å². The first-order valence-corrected chi connectivity index (χ1v) is 6.17. The maximum Gasteiger partial charge on any atom is 0.141 e. The molecule has 0 atom stereocenters. The van der Waals surface area contributed by atoms with E-state index in [1.165, 1.54) is 0 Å². The molecule has 2 aliphatic rings. The van der Waals surface area contributed by atoms with Crippen molar-refractivity contribution in [1.82, 2.24) is 10.2 Å². The molecule has 15 heavy (non-hydrogen) atoms. The Bertz CT molecular complexity index is 228. The number of ketones is 1. The number of Topliss-reactive ketones (excluding diaryl/α,β-unsaturated/α-hetero) is 1. The van der Waals surface area contributed by atoms with E-state index in [0.29, 0.717) is 23.7 Å². The van der Waals surface area contributed by atoms with Gasteiger partial charge in [0.25, 0.3) is 0 Å². The highest BCUT2D eigenvalue weighted by Gasteiger charge is 2.33. The van der Waals surface area contributed by atoms with Gasteiger partial charge in [0, 0.05) is 31.0 Å². The van der Waals surface area contributed by atoms with Gasteiger partial charge in [-0.3, -0.25) is 4.79 Å². The number of likely N-dealkylation sites (tertiary alicyclic amines) is 1. The van der Waals surface area contributed by atoms with Gasteiger partial charge >= 0.3 is 0 Å². The van der Waals surface area contributed by atoms with Crippen LogP contribution < -0.4 is 5.32 Å². The lowest BCUT2D eigenvalue weighted by atomic mass is 9.83. The zero-order valence-corrected chi connectivity index (χ0v) is 9.83. The van der Waals surface area contributed by atoms with Crippen molar-refractivity contribution in [2.24, 2.45) is 11.8 Å².